The molecule has 0 spiro atoms. The van der Waals surface area contributed by atoms with Gasteiger partial charge in [-0.2, -0.15) is 0 Å². The summed E-state index contributed by atoms with van der Waals surface area (Å²) in [5.74, 6) is 5.86. The van der Waals surface area contributed by atoms with Crippen LogP contribution in [0.3, 0.4) is 0 Å². The van der Waals surface area contributed by atoms with Gasteiger partial charge < -0.3 is 15.3 Å². The lowest BCUT2D eigenvalue weighted by Crippen LogP contribution is -2.32. The van der Waals surface area contributed by atoms with Crippen LogP contribution < -0.4 is 22.8 Å². The van der Waals surface area contributed by atoms with E-state index in [9.17, 15) is 9.59 Å². The predicted octanol–water partition coefficient (Wildman–Crippen LogP) is -0.293. The second-order valence-corrected chi connectivity index (χ2v) is 4.66. The van der Waals surface area contributed by atoms with Crippen LogP contribution in [0.25, 0.3) is 5.70 Å². The van der Waals surface area contributed by atoms with Crippen molar-refractivity contribution in [3.05, 3.63) is 74.7 Å². The zero-order chi connectivity index (χ0) is 15.4. The van der Waals surface area contributed by atoms with Crippen LogP contribution in [-0.4, -0.2) is 14.6 Å². The molecule has 2 rings (SSSR count). The van der Waals surface area contributed by atoms with Crippen molar-refractivity contribution in [3.63, 3.8) is 0 Å². The summed E-state index contributed by atoms with van der Waals surface area (Å²) in [6.45, 7) is 0.450. The first-order valence-electron chi connectivity index (χ1n) is 6.30. The number of nitrogens with zero attached hydrogens (tertiary/aromatic N) is 2. The quantitative estimate of drug-likeness (QED) is 0.528. The Labute approximate surface area is 121 Å². The van der Waals surface area contributed by atoms with Crippen LogP contribution >= 0.6 is 0 Å². The van der Waals surface area contributed by atoms with E-state index in [0.717, 1.165) is 5.56 Å². The van der Waals surface area contributed by atoms with Gasteiger partial charge in [-0.3, -0.25) is 9.78 Å². The molecule has 2 aromatic rings. The Balaban J connectivity index is 2.23. The summed E-state index contributed by atoms with van der Waals surface area (Å²) >= 11 is 0. The molecule has 1 aromatic heterocycles. The van der Waals surface area contributed by atoms with Crippen LogP contribution in [0.5, 0.6) is 0 Å². The number of hydrazine groups is 1. The van der Waals surface area contributed by atoms with E-state index in [1.165, 1.54) is 29.0 Å². The van der Waals surface area contributed by atoms with E-state index in [0.29, 0.717) is 6.54 Å². The molecule has 0 bridgehead atoms. The molecular formula is C14H17N5O2. The maximum Gasteiger partial charge on any atom is 0.328 e. The number of aromatic amines is 1. The number of nitrogens with two attached hydrogens (primary N) is 2. The Morgan fingerprint density at radius 3 is 2.67 bits per heavy atom. The molecule has 110 valence electrons. The Morgan fingerprint density at radius 1 is 1.33 bits per heavy atom. The first-order chi connectivity index (χ1) is 9.97. The molecule has 0 unspecified atom stereocenters. The molecule has 0 fully saturated rings. The number of aryl methyl sites for hydroxylation is 1. The van der Waals surface area contributed by atoms with E-state index in [2.05, 4.69) is 4.98 Å². The SMILES string of the molecule is Cn1cc(/C(N)=C/N(N)Cc2ccccc2)c(=O)[nH]c1=O. The largest absolute Gasteiger partial charge is 0.397 e. The molecular weight excluding hydrogens is 270 g/mol. The summed E-state index contributed by atoms with van der Waals surface area (Å²) in [4.78, 5) is 25.2. The summed E-state index contributed by atoms with van der Waals surface area (Å²) in [6, 6.07) is 9.60. The van der Waals surface area contributed by atoms with Gasteiger partial charge in [0.25, 0.3) is 5.56 Å². The highest BCUT2D eigenvalue weighted by Gasteiger charge is 2.07. The van der Waals surface area contributed by atoms with Crippen LogP contribution in [0.4, 0.5) is 0 Å². The average Bonchev–Trinajstić information content (AvgIpc) is 2.43. The number of hydrogen-bond donors (Lipinski definition) is 3. The van der Waals surface area contributed by atoms with Gasteiger partial charge >= 0.3 is 5.69 Å². The minimum atomic E-state index is -0.542. The average molecular weight is 287 g/mol. The van der Waals surface area contributed by atoms with E-state index in [-0.39, 0.29) is 11.3 Å². The van der Waals surface area contributed by atoms with E-state index in [1.807, 2.05) is 30.3 Å². The zero-order valence-corrected chi connectivity index (χ0v) is 11.6. The number of nitrogens with one attached hydrogen (secondary N) is 1. The minimum absolute atomic E-state index is 0.185. The molecule has 21 heavy (non-hydrogen) atoms. The zero-order valence-electron chi connectivity index (χ0n) is 11.6. The maximum absolute atomic E-state index is 11.7. The fourth-order valence-electron chi connectivity index (χ4n) is 1.86. The van der Waals surface area contributed by atoms with E-state index in [1.54, 1.807) is 0 Å². The van der Waals surface area contributed by atoms with Crippen molar-refractivity contribution in [2.24, 2.45) is 18.6 Å². The van der Waals surface area contributed by atoms with Crippen molar-refractivity contribution in [1.82, 2.24) is 14.6 Å². The lowest BCUT2D eigenvalue weighted by atomic mass is 10.2. The Morgan fingerprint density at radius 2 is 2.00 bits per heavy atom. The summed E-state index contributed by atoms with van der Waals surface area (Å²) in [5, 5.41) is 1.38. The van der Waals surface area contributed by atoms with Gasteiger partial charge in [0.1, 0.15) is 0 Å². The highest BCUT2D eigenvalue weighted by atomic mass is 16.2. The topological polar surface area (TPSA) is 110 Å². The fraction of sp³-hybridized carbons (Fsp3) is 0.143. The van der Waals surface area contributed by atoms with E-state index >= 15 is 0 Å². The number of hydrogen-bond acceptors (Lipinski definition) is 5. The summed E-state index contributed by atoms with van der Waals surface area (Å²) < 4.78 is 1.25. The van der Waals surface area contributed by atoms with Gasteiger partial charge in [0.2, 0.25) is 0 Å². The van der Waals surface area contributed by atoms with Crippen molar-refractivity contribution >= 4 is 5.70 Å². The van der Waals surface area contributed by atoms with Gasteiger partial charge in [0, 0.05) is 19.4 Å². The first kappa shape index (κ1) is 14.6. The van der Waals surface area contributed by atoms with Crippen molar-refractivity contribution in [3.8, 4) is 0 Å². The van der Waals surface area contributed by atoms with Gasteiger partial charge in [-0.15, -0.1) is 0 Å². The van der Waals surface area contributed by atoms with Crippen LogP contribution in [0.15, 0.2) is 52.3 Å². The highest BCUT2D eigenvalue weighted by molar-refractivity contribution is 5.60. The molecule has 0 atom stereocenters. The minimum Gasteiger partial charge on any atom is -0.397 e. The van der Waals surface area contributed by atoms with Gasteiger partial charge in [-0.25, -0.2) is 10.6 Å². The summed E-state index contributed by atoms with van der Waals surface area (Å²) in [5.41, 5.74) is 6.23. The third-order valence-electron chi connectivity index (χ3n) is 2.93. The Kier molecular flexibility index (Phi) is 4.24. The molecule has 7 nitrogen and oxygen atoms in total. The first-order valence-corrected chi connectivity index (χ1v) is 6.30. The molecule has 0 saturated heterocycles. The molecule has 1 heterocycles. The molecule has 0 aliphatic heterocycles. The lowest BCUT2D eigenvalue weighted by molar-refractivity contribution is 0.388. The van der Waals surface area contributed by atoms with Crippen LogP contribution in [0.1, 0.15) is 11.1 Å². The van der Waals surface area contributed by atoms with Crippen molar-refractivity contribution in [2.45, 2.75) is 6.54 Å². The third kappa shape index (κ3) is 3.61. The van der Waals surface area contributed by atoms with Crippen molar-refractivity contribution in [1.29, 1.82) is 0 Å². The molecule has 0 aliphatic rings. The number of rotatable bonds is 4. The monoisotopic (exact) mass is 287 g/mol. The predicted molar refractivity (Wildman–Crippen MR) is 80.6 cm³/mol. The molecule has 0 radical (unpaired) electrons. The van der Waals surface area contributed by atoms with Gasteiger partial charge in [-0.1, -0.05) is 30.3 Å². The summed E-state index contributed by atoms with van der Waals surface area (Å²) in [6.07, 6.45) is 2.84. The molecule has 7 heteroatoms. The van der Waals surface area contributed by atoms with Crippen LogP contribution in [-0.2, 0) is 13.6 Å². The van der Waals surface area contributed by atoms with Gasteiger partial charge in [-0.05, 0) is 5.56 Å². The molecule has 1 aromatic carbocycles. The number of aromatic nitrogens is 2. The van der Waals surface area contributed by atoms with Crippen LogP contribution in [0.2, 0.25) is 0 Å². The molecule has 0 aliphatic carbocycles. The fourth-order valence-corrected chi connectivity index (χ4v) is 1.86. The normalized spacial score (nSPS) is 11.4. The van der Waals surface area contributed by atoms with E-state index < -0.39 is 11.2 Å². The number of H-pyrrole nitrogens is 1. The van der Waals surface area contributed by atoms with Crippen molar-refractivity contribution < 1.29 is 0 Å². The summed E-state index contributed by atoms with van der Waals surface area (Å²) in [7, 11) is 1.53. The van der Waals surface area contributed by atoms with Gasteiger partial charge in [0.05, 0.1) is 17.8 Å². The van der Waals surface area contributed by atoms with Crippen molar-refractivity contribution in [2.75, 3.05) is 0 Å². The second-order valence-electron chi connectivity index (χ2n) is 4.66. The third-order valence-corrected chi connectivity index (χ3v) is 2.93. The molecule has 0 amide bonds. The maximum atomic E-state index is 11.7. The Hall–Kier alpha value is -2.80. The van der Waals surface area contributed by atoms with Gasteiger partial charge in [0.15, 0.2) is 0 Å². The van der Waals surface area contributed by atoms with E-state index in [4.69, 9.17) is 11.6 Å². The second kappa shape index (κ2) is 6.10. The molecule has 5 N–H and O–H groups in total. The lowest BCUT2D eigenvalue weighted by Gasteiger charge is -2.15. The smallest absolute Gasteiger partial charge is 0.328 e. The standard InChI is InChI=1S/C14H17N5O2/c1-18-8-11(13(20)17-14(18)21)12(15)9-19(16)7-10-5-3-2-4-6-10/h2-6,8-9H,7,15-16H2,1H3,(H,17,20,21)/b12-9-. The molecule has 0 saturated carbocycles. The Bertz CT molecular complexity index is 761. The van der Waals surface area contributed by atoms with Crippen LogP contribution in [0, 0.1) is 0 Å². The highest BCUT2D eigenvalue weighted by Crippen LogP contribution is 2.05. The number of benzene rings is 1.